The van der Waals surface area contributed by atoms with Crippen LogP contribution in [-0.2, 0) is 0 Å². The van der Waals surface area contributed by atoms with Gasteiger partial charge in [-0.1, -0.05) is 48.5 Å². The van der Waals surface area contributed by atoms with Gasteiger partial charge < -0.3 is 0 Å². The van der Waals surface area contributed by atoms with Crippen LogP contribution >= 0.6 is 0 Å². The van der Waals surface area contributed by atoms with E-state index in [4.69, 9.17) is 0 Å². The molecule has 1 aliphatic rings. The van der Waals surface area contributed by atoms with Crippen LogP contribution in [0.15, 0.2) is 58.5 Å². The summed E-state index contributed by atoms with van der Waals surface area (Å²) in [5.41, 5.74) is 0. The Kier molecular flexibility index (Phi) is 1.70. The summed E-state index contributed by atoms with van der Waals surface area (Å²) in [4.78, 5) is 19.5. The van der Waals surface area contributed by atoms with Gasteiger partial charge in [0.2, 0.25) is 0 Å². The highest BCUT2D eigenvalue weighted by Gasteiger charge is 2.12. The standard InChI is InChI=1S/C15H8N2O/c18-15-16-13-11-7-3-1-5-9(11)10-6-2-4-8-12(10)14(13)17-15/h1-8H. The molecule has 0 bridgehead atoms. The maximum Gasteiger partial charge on any atom is 0.368 e. The Morgan fingerprint density at radius 2 is 1.00 bits per heavy atom. The molecule has 4 rings (SSSR count). The molecule has 1 aliphatic heterocycles. The number of carbonyl (C=O) groups is 1. The van der Waals surface area contributed by atoms with Crippen LogP contribution < -0.4 is 10.7 Å². The predicted molar refractivity (Wildman–Crippen MR) is 69.2 cm³/mol. The quantitative estimate of drug-likeness (QED) is 0.548. The number of amides is 2. The average molecular weight is 232 g/mol. The number of rotatable bonds is 0. The van der Waals surface area contributed by atoms with Gasteiger partial charge in [0, 0.05) is 10.8 Å². The Morgan fingerprint density at radius 1 is 0.611 bits per heavy atom. The molecule has 3 aromatic carbocycles. The Balaban J connectivity index is 2.49. The molecule has 0 fully saturated rings. The second-order valence-electron chi connectivity index (χ2n) is 4.29. The molecule has 3 nitrogen and oxygen atoms in total. The Hall–Kier alpha value is -2.55. The first kappa shape index (κ1) is 9.48. The number of carbonyl (C=O) groups excluding carboxylic acids is 1. The minimum atomic E-state index is -0.411. The van der Waals surface area contributed by atoms with Crippen LogP contribution in [0.1, 0.15) is 0 Å². The summed E-state index contributed by atoms with van der Waals surface area (Å²) < 4.78 is 0. The van der Waals surface area contributed by atoms with Gasteiger partial charge >= 0.3 is 6.03 Å². The summed E-state index contributed by atoms with van der Waals surface area (Å²) in [6.45, 7) is 0. The van der Waals surface area contributed by atoms with Gasteiger partial charge in [-0.15, -0.1) is 0 Å². The summed E-state index contributed by atoms with van der Waals surface area (Å²) in [7, 11) is 0. The maximum absolute atomic E-state index is 11.5. The van der Waals surface area contributed by atoms with Crippen LogP contribution in [-0.4, -0.2) is 6.03 Å². The van der Waals surface area contributed by atoms with E-state index in [9.17, 15) is 4.79 Å². The number of fused-ring (bicyclic) bond motifs is 6. The molecule has 0 aliphatic carbocycles. The zero-order valence-electron chi connectivity index (χ0n) is 9.42. The van der Waals surface area contributed by atoms with Crippen molar-refractivity contribution in [3.63, 3.8) is 0 Å². The fourth-order valence-electron chi connectivity index (χ4n) is 2.55. The molecule has 0 unspecified atom stereocenters. The summed E-state index contributed by atoms with van der Waals surface area (Å²) in [5, 5.41) is 5.60. The van der Waals surface area contributed by atoms with Gasteiger partial charge in [-0.05, 0) is 10.8 Å². The van der Waals surface area contributed by atoms with Gasteiger partial charge in [0.05, 0.1) is 0 Å². The number of benzene rings is 3. The van der Waals surface area contributed by atoms with Gasteiger partial charge in [-0.2, -0.15) is 9.98 Å². The Morgan fingerprint density at radius 3 is 1.44 bits per heavy atom. The molecular formula is C15H8N2O. The molecule has 1 heterocycles. The fraction of sp³-hybridized carbons (Fsp3) is 0. The molecule has 18 heavy (non-hydrogen) atoms. The van der Waals surface area contributed by atoms with Crippen molar-refractivity contribution < 1.29 is 4.79 Å². The van der Waals surface area contributed by atoms with E-state index in [1.807, 2.05) is 36.4 Å². The van der Waals surface area contributed by atoms with Crippen molar-refractivity contribution >= 4 is 27.6 Å². The number of urea groups is 1. The molecule has 0 radical (unpaired) electrons. The highest BCUT2D eigenvalue weighted by Crippen LogP contribution is 2.20. The van der Waals surface area contributed by atoms with Crippen LogP contribution in [0.4, 0.5) is 4.79 Å². The third-order valence-corrected chi connectivity index (χ3v) is 3.29. The predicted octanol–water partition coefficient (Wildman–Crippen LogP) is 2.37. The molecular weight excluding hydrogens is 224 g/mol. The van der Waals surface area contributed by atoms with Crippen LogP contribution in [0, 0.1) is 0 Å². The van der Waals surface area contributed by atoms with Crippen LogP contribution in [0.3, 0.4) is 0 Å². The largest absolute Gasteiger partial charge is 0.368 e. The minimum Gasteiger partial charge on any atom is -0.244 e. The summed E-state index contributed by atoms with van der Waals surface area (Å²) in [6, 6.07) is 15.6. The van der Waals surface area contributed by atoms with Gasteiger partial charge in [0.15, 0.2) is 0 Å². The SMILES string of the molecule is O=C1N=c2c(c3ccccc3c3ccccc23)=N1. The van der Waals surface area contributed by atoms with Crippen molar-refractivity contribution in [2.45, 2.75) is 0 Å². The monoisotopic (exact) mass is 232 g/mol. The highest BCUT2D eigenvalue weighted by molar-refractivity contribution is 6.07. The van der Waals surface area contributed by atoms with Crippen molar-refractivity contribution in [2.75, 3.05) is 0 Å². The van der Waals surface area contributed by atoms with E-state index in [1.165, 1.54) is 0 Å². The van der Waals surface area contributed by atoms with Crippen LogP contribution in [0.25, 0.3) is 21.5 Å². The van der Waals surface area contributed by atoms with E-state index in [0.29, 0.717) is 10.7 Å². The fourth-order valence-corrected chi connectivity index (χ4v) is 2.55. The molecule has 3 aromatic rings. The highest BCUT2D eigenvalue weighted by atomic mass is 16.2. The van der Waals surface area contributed by atoms with Gasteiger partial charge in [-0.3, -0.25) is 0 Å². The summed E-state index contributed by atoms with van der Waals surface area (Å²) >= 11 is 0. The van der Waals surface area contributed by atoms with Crippen LogP contribution in [0.2, 0.25) is 0 Å². The third kappa shape index (κ3) is 1.10. The minimum absolute atomic E-state index is 0.411. The van der Waals surface area contributed by atoms with E-state index < -0.39 is 6.03 Å². The molecule has 0 saturated carbocycles. The second kappa shape index (κ2) is 3.23. The summed E-state index contributed by atoms with van der Waals surface area (Å²) in [6.07, 6.45) is 0. The molecule has 3 heteroatoms. The smallest absolute Gasteiger partial charge is 0.244 e. The van der Waals surface area contributed by atoms with Gasteiger partial charge in [0.1, 0.15) is 10.7 Å². The maximum atomic E-state index is 11.5. The van der Waals surface area contributed by atoms with E-state index >= 15 is 0 Å². The first-order chi connectivity index (χ1) is 8.84. The topological polar surface area (TPSA) is 41.8 Å². The second-order valence-corrected chi connectivity index (χ2v) is 4.29. The van der Waals surface area contributed by atoms with Crippen molar-refractivity contribution in [1.82, 2.24) is 0 Å². The molecule has 0 spiro atoms. The van der Waals surface area contributed by atoms with Crippen molar-refractivity contribution in [3.8, 4) is 0 Å². The van der Waals surface area contributed by atoms with Crippen LogP contribution in [0.5, 0.6) is 0 Å². The van der Waals surface area contributed by atoms with Gasteiger partial charge in [0.25, 0.3) is 0 Å². The Labute approximate surface area is 102 Å². The normalized spacial score (nSPS) is 13.4. The summed E-state index contributed by atoms with van der Waals surface area (Å²) in [5.74, 6) is 0. The first-order valence-corrected chi connectivity index (χ1v) is 5.75. The molecule has 0 aromatic heterocycles. The average Bonchev–Trinajstić information content (AvgIpc) is 2.81. The number of nitrogens with zero attached hydrogens (tertiary/aromatic N) is 2. The number of hydrogen-bond acceptors (Lipinski definition) is 1. The molecule has 84 valence electrons. The molecule has 0 N–H and O–H groups in total. The van der Waals surface area contributed by atoms with Crippen molar-refractivity contribution in [3.05, 3.63) is 59.2 Å². The lowest BCUT2D eigenvalue weighted by atomic mass is 10.0. The van der Waals surface area contributed by atoms with E-state index in [-0.39, 0.29) is 0 Å². The zero-order chi connectivity index (χ0) is 12.1. The lowest BCUT2D eigenvalue weighted by Gasteiger charge is -2.03. The zero-order valence-corrected chi connectivity index (χ0v) is 9.42. The first-order valence-electron chi connectivity index (χ1n) is 5.75. The van der Waals surface area contributed by atoms with Gasteiger partial charge in [-0.25, -0.2) is 4.79 Å². The van der Waals surface area contributed by atoms with E-state index in [1.54, 1.807) is 0 Å². The van der Waals surface area contributed by atoms with E-state index in [2.05, 4.69) is 22.1 Å². The van der Waals surface area contributed by atoms with Crippen molar-refractivity contribution in [2.24, 2.45) is 9.98 Å². The molecule has 0 saturated heterocycles. The third-order valence-electron chi connectivity index (χ3n) is 3.29. The lowest BCUT2D eigenvalue weighted by Crippen LogP contribution is -2.23. The molecule has 2 amide bonds. The number of hydrogen-bond donors (Lipinski definition) is 0. The lowest BCUT2D eigenvalue weighted by molar-refractivity contribution is 0.257. The Bertz CT molecular complexity index is 865. The van der Waals surface area contributed by atoms with E-state index in [0.717, 1.165) is 21.5 Å². The molecule has 0 atom stereocenters. The van der Waals surface area contributed by atoms with Crippen molar-refractivity contribution in [1.29, 1.82) is 0 Å².